The minimum absolute atomic E-state index is 0.610. The molecule has 0 aliphatic rings. The number of imidazole rings is 1. The number of fused-ring (bicyclic) bond motifs is 1. The van der Waals surface area contributed by atoms with Gasteiger partial charge in [0.25, 0.3) is 0 Å². The molecule has 106 valence electrons. The van der Waals surface area contributed by atoms with Gasteiger partial charge < -0.3 is 9.73 Å². The summed E-state index contributed by atoms with van der Waals surface area (Å²) in [5.74, 6) is 0.874. The van der Waals surface area contributed by atoms with E-state index in [2.05, 4.69) is 20.5 Å². The summed E-state index contributed by atoms with van der Waals surface area (Å²) < 4.78 is 8.80. The fraction of sp³-hybridized carbons (Fsp3) is 0.154. The average Bonchev–Trinajstić information content (AvgIpc) is 3.19. The van der Waals surface area contributed by atoms with E-state index in [-0.39, 0.29) is 0 Å². The van der Waals surface area contributed by atoms with Crippen LogP contribution in [0.5, 0.6) is 0 Å². The third-order valence-electron chi connectivity index (χ3n) is 3.04. The van der Waals surface area contributed by atoms with Crippen molar-refractivity contribution < 1.29 is 4.42 Å². The maximum absolute atomic E-state index is 5.27. The maximum Gasteiger partial charge on any atom is 0.214 e. The van der Waals surface area contributed by atoms with Crippen molar-refractivity contribution in [1.82, 2.24) is 24.4 Å². The van der Waals surface area contributed by atoms with E-state index in [1.807, 2.05) is 31.6 Å². The number of hydrogen-bond donors (Lipinski definition) is 1. The predicted molar refractivity (Wildman–Crippen MR) is 79.1 cm³/mol. The Hall–Kier alpha value is -2.61. The number of anilines is 1. The second-order valence-electron chi connectivity index (χ2n) is 4.60. The monoisotopic (exact) mass is 300 g/mol. The van der Waals surface area contributed by atoms with Crippen molar-refractivity contribution in [2.24, 2.45) is 7.05 Å². The van der Waals surface area contributed by atoms with Gasteiger partial charge in [0, 0.05) is 18.8 Å². The van der Waals surface area contributed by atoms with Gasteiger partial charge in [-0.25, -0.2) is 9.50 Å². The highest BCUT2D eigenvalue weighted by Crippen LogP contribution is 2.24. The summed E-state index contributed by atoms with van der Waals surface area (Å²) in [6.07, 6.45) is 7.29. The van der Waals surface area contributed by atoms with Crippen LogP contribution in [0, 0.1) is 0 Å². The van der Waals surface area contributed by atoms with Gasteiger partial charge in [-0.05, 0) is 12.1 Å². The van der Waals surface area contributed by atoms with Gasteiger partial charge in [-0.15, -0.1) is 5.10 Å². The van der Waals surface area contributed by atoms with Crippen LogP contribution in [0.3, 0.4) is 0 Å². The van der Waals surface area contributed by atoms with Crippen LogP contribution >= 0.6 is 11.3 Å². The number of nitrogens with zero attached hydrogens (tertiary/aromatic N) is 5. The van der Waals surface area contributed by atoms with E-state index < -0.39 is 0 Å². The van der Waals surface area contributed by atoms with Gasteiger partial charge in [-0.2, -0.15) is 5.10 Å². The first-order chi connectivity index (χ1) is 10.3. The quantitative estimate of drug-likeness (QED) is 0.626. The lowest BCUT2D eigenvalue weighted by Crippen LogP contribution is -1.98. The largest absolute Gasteiger partial charge is 0.467 e. The summed E-state index contributed by atoms with van der Waals surface area (Å²) in [5, 5.41) is 12.6. The van der Waals surface area contributed by atoms with E-state index in [0.717, 1.165) is 27.1 Å². The highest BCUT2D eigenvalue weighted by molar-refractivity contribution is 7.20. The summed E-state index contributed by atoms with van der Waals surface area (Å²) in [7, 11) is 1.89. The van der Waals surface area contributed by atoms with Crippen molar-refractivity contribution in [2.75, 3.05) is 5.32 Å². The smallest absolute Gasteiger partial charge is 0.214 e. The van der Waals surface area contributed by atoms with Gasteiger partial charge in [0.2, 0.25) is 10.1 Å². The normalized spacial score (nSPS) is 11.3. The van der Waals surface area contributed by atoms with E-state index in [9.17, 15) is 0 Å². The Kier molecular flexibility index (Phi) is 2.74. The minimum Gasteiger partial charge on any atom is -0.467 e. The van der Waals surface area contributed by atoms with Crippen LogP contribution in [0.4, 0.5) is 5.13 Å². The summed E-state index contributed by atoms with van der Waals surface area (Å²) in [5.41, 5.74) is 1.86. The Balaban J connectivity index is 1.56. The molecule has 1 N–H and O–H groups in total. The molecular weight excluding hydrogens is 288 g/mol. The first-order valence-corrected chi connectivity index (χ1v) is 7.21. The van der Waals surface area contributed by atoms with Gasteiger partial charge in [-0.3, -0.25) is 4.68 Å². The Morgan fingerprint density at radius 2 is 2.33 bits per heavy atom. The zero-order chi connectivity index (χ0) is 14.2. The molecule has 0 atom stereocenters. The van der Waals surface area contributed by atoms with Crippen molar-refractivity contribution in [2.45, 2.75) is 6.54 Å². The molecule has 0 unspecified atom stereocenters. The maximum atomic E-state index is 5.27. The molecule has 7 nitrogen and oxygen atoms in total. The van der Waals surface area contributed by atoms with Gasteiger partial charge in [-0.1, -0.05) is 11.3 Å². The predicted octanol–water partition coefficient (Wildman–Crippen LogP) is 2.40. The summed E-state index contributed by atoms with van der Waals surface area (Å²) in [6.45, 7) is 0.610. The van der Waals surface area contributed by atoms with E-state index in [0.29, 0.717) is 6.54 Å². The van der Waals surface area contributed by atoms with Crippen molar-refractivity contribution in [1.29, 1.82) is 0 Å². The second-order valence-corrected chi connectivity index (χ2v) is 5.55. The number of nitrogens with one attached hydrogen (secondary N) is 1. The fourth-order valence-electron chi connectivity index (χ4n) is 2.04. The number of aromatic nitrogens is 5. The Morgan fingerprint density at radius 1 is 1.38 bits per heavy atom. The third kappa shape index (κ3) is 2.29. The lowest BCUT2D eigenvalue weighted by atomic mass is 10.3. The van der Waals surface area contributed by atoms with Crippen LogP contribution in [0.25, 0.3) is 16.2 Å². The van der Waals surface area contributed by atoms with Gasteiger partial charge in [0.1, 0.15) is 5.76 Å². The minimum atomic E-state index is 0.610. The van der Waals surface area contributed by atoms with Crippen molar-refractivity contribution >= 4 is 21.4 Å². The molecule has 8 heteroatoms. The number of hydrogen-bond acceptors (Lipinski definition) is 6. The SMILES string of the molecule is Cn1cc(-c2cn3nc(NCc4ccco4)sc3n2)cn1. The van der Waals surface area contributed by atoms with E-state index in [1.165, 1.54) is 11.3 Å². The molecule has 0 aromatic carbocycles. The summed E-state index contributed by atoms with van der Waals surface area (Å²) >= 11 is 1.50. The van der Waals surface area contributed by atoms with Crippen LogP contribution in [-0.4, -0.2) is 24.4 Å². The summed E-state index contributed by atoms with van der Waals surface area (Å²) in [6, 6.07) is 3.79. The molecular formula is C13H12N6OS. The van der Waals surface area contributed by atoms with Crippen molar-refractivity contribution in [3.63, 3.8) is 0 Å². The number of rotatable bonds is 4. The molecule has 0 spiro atoms. The van der Waals surface area contributed by atoms with Crippen LogP contribution in [0.2, 0.25) is 0 Å². The first-order valence-electron chi connectivity index (χ1n) is 6.39. The lowest BCUT2D eigenvalue weighted by Gasteiger charge is -1.97. The molecule has 0 aliphatic carbocycles. The average molecular weight is 300 g/mol. The van der Waals surface area contributed by atoms with Gasteiger partial charge in [0.05, 0.1) is 30.9 Å². The number of aryl methyl sites for hydroxylation is 1. The molecule has 4 rings (SSSR count). The fourth-order valence-corrected chi connectivity index (χ4v) is 2.82. The second kappa shape index (κ2) is 4.74. The highest BCUT2D eigenvalue weighted by Gasteiger charge is 2.10. The Labute approximate surface area is 123 Å². The van der Waals surface area contributed by atoms with Crippen molar-refractivity contribution in [3.8, 4) is 11.3 Å². The zero-order valence-electron chi connectivity index (χ0n) is 11.2. The molecule has 21 heavy (non-hydrogen) atoms. The standard InChI is InChI=1S/C13H12N6OS/c1-18-7-9(5-15-18)11-8-19-13(16-11)21-12(17-19)14-6-10-3-2-4-20-10/h2-5,7-8H,6H2,1H3,(H,14,17). The Morgan fingerprint density at radius 3 is 3.05 bits per heavy atom. The van der Waals surface area contributed by atoms with Crippen molar-refractivity contribution in [3.05, 3.63) is 42.7 Å². The molecule has 0 aliphatic heterocycles. The van der Waals surface area contributed by atoms with Crippen LogP contribution in [0.1, 0.15) is 5.76 Å². The van der Waals surface area contributed by atoms with Gasteiger partial charge in [0.15, 0.2) is 0 Å². The van der Waals surface area contributed by atoms with Crippen LogP contribution < -0.4 is 5.32 Å². The van der Waals surface area contributed by atoms with E-state index >= 15 is 0 Å². The third-order valence-corrected chi connectivity index (χ3v) is 3.92. The van der Waals surface area contributed by atoms with Crippen LogP contribution in [0.15, 0.2) is 41.4 Å². The van der Waals surface area contributed by atoms with E-state index in [1.54, 1.807) is 21.7 Å². The zero-order valence-corrected chi connectivity index (χ0v) is 12.0. The molecule has 0 bridgehead atoms. The molecule has 0 saturated carbocycles. The number of furan rings is 1. The highest BCUT2D eigenvalue weighted by atomic mass is 32.1. The molecule has 0 amide bonds. The topological polar surface area (TPSA) is 73.2 Å². The molecule has 0 fully saturated rings. The van der Waals surface area contributed by atoms with Crippen LogP contribution in [-0.2, 0) is 13.6 Å². The lowest BCUT2D eigenvalue weighted by molar-refractivity contribution is 0.518. The van der Waals surface area contributed by atoms with Gasteiger partial charge >= 0.3 is 0 Å². The summed E-state index contributed by atoms with van der Waals surface area (Å²) in [4.78, 5) is 5.41. The molecule has 4 heterocycles. The first kappa shape index (κ1) is 12.2. The molecule has 0 saturated heterocycles. The molecule has 4 aromatic heterocycles. The Bertz CT molecular complexity index is 840. The molecule has 4 aromatic rings. The van der Waals surface area contributed by atoms with E-state index in [4.69, 9.17) is 4.42 Å². The molecule has 0 radical (unpaired) electrons.